The van der Waals surface area contributed by atoms with Crippen LogP contribution < -0.4 is 5.32 Å². The predicted octanol–water partition coefficient (Wildman–Crippen LogP) is 3.15. The molecule has 6 heteroatoms. The number of anilines is 1. The minimum atomic E-state index is -0.505. The Hall–Kier alpha value is -2.50. The van der Waals surface area contributed by atoms with Gasteiger partial charge in [-0.25, -0.2) is 9.18 Å². The third-order valence-electron chi connectivity index (χ3n) is 4.21. The highest BCUT2D eigenvalue weighted by atomic mass is 19.1. The van der Waals surface area contributed by atoms with E-state index < -0.39 is 5.97 Å². The van der Waals surface area contributed by atoms with Crippen molar-refractivity contribution in [2.45, 2.75) is 31.2 Å². The van der Waals surface area contributed by atoms with Crippen molar-refractivity contribution in [2.75, 3.05) is 12.4 Å². The average molecular weight is 315 g/mol. The van der Waals surface area contributed by atoms with Crippen molar-refractivity contribution in [1.29, 1.82) is 0 Å². The van der Waals surface area contributed by atoms with Crippen LogP contribution in [0, 0.1) is 5.82 Å². The summed E-state index contributed by atoms with van der Waals surface area (Å²) in [5.74, 6) is 0.212. The number of rotatable bonds is 4. The topological polar surface area (TPSA) is 64.1 Å². The average Bonchev–Trinajstić information content (AvgIpc) is 3.03. The number of ether oxygens (including phenoxy) is 1. The van der Waals surface area contributed by atoms with E-state index >= 15 is 0 Å². The summed E-state index contributed by atoms with van der Waals surface area (Å²) in [5, 5.41) is 11.3. The molecule has 1 aliphatic rings. The molecule has 0 saturated heterocycles. The van der Waals surface area contributed by atoms with Crippen LogP contribution in [0.3, 0.4) is 0 Å². The highest BCUT2D eigenvalue weighted by molar-refractivity contribution is 5.86. The number of nitrogens with one attached hydrogen (secondary N) is 1. The van der Waals surface area contributed by atoms with Gasteiger partial charge in [-0.3, -0.25) is 0 Å². The number of carbonyl (C=O) groups excluding carboxylic acids is 1. The maximum atomic E-state index is 13.1. The van der Waals surface area contributed by atoms with Crippen LogP contribution in [0.4, 0.5) is 10.2 Å². The van der Waals surface area contributed by atoms with E-state index in [9.17, 15) is 9.18 Å². The molecule has 3 rings (SSSR count). The molecule has 0 radical (unpaired) electrons. The zero-order chi connectivity index (χ0) is 16.2. The van der Waals surface area contributed by atoms with Crippen LogP contribution >= 0.6 is 0 Å². The molecule has 0 amide bonds. The largest absolute Gasteiger partial charge is 0.464 e. The fourth-order valence-corrected chi connectivity index (χ4v) is 3.05. The fourth-order valence-electron chi connectivity index (χ4n) is 3.05. The summed E-state index contributed by atoms with van der Waals surface area (Å²) in [4.78, 5) is 11.4. The van der Waals surface area contributed by atoms with Gasteiger partial charge in [0.2, 0.25) is 0 Å². The molecule has 1 fully saturated rings. The summed E-state index contributed by atoms with van der Waals surface area (Å²) >= 11 is 0. The zero-order valence-electron chi connectivity index (χ0n) is 12.8. The summed E-state index contributed by atoms with van der Waals surface area (Å²) in [6.45, 7) is 0. The Kier molecular flexibility index (Phi) is 4.50. The van der Waals surface area contributed by atoms with Crippen molar-refractivity contribution in [2.24, 2.45) is 0 Å². The monoisotopic (exact) mass is 315 g/mol. The Morgan fingerprint density at radius 1 is 1.17 bits per heavy atom. The highest BCUT2D eigenvalue weighted by Gasteiger charge is 2.28. The zero-order valence-corrected chi connectivity index (χ0v) is 12.8. The van der Waals surface area contributed by atoms with Crippen molar-refractivity contribution in [3.63, 3.8) is 0 Å². The molecule has 23 heavy (non-hydrogen) atoms. The standard InChI is InChI=1S/C17H18FN3O2/c1-23-17(22)15-9-10-16(21-20-15)19-14-4-2-3-13(14)11-5-7-12(18)8-6-11/h5-10,13-14H,2-4H2,1H3,(H,19,21). The van der Waals surface area contributed by atoms with Crippen LogP contribution in [-0.4, -0.2) is 29.3 Å². The van der Waals surface area contributed by atoms with Gasteiger partial charge in [0, 0.05) is 12.0 Å². The lowest BCUT2D eigenvalue weighted by atomic mass is 9.94. The Morgan fingerprint density at radius 3 is 2.61 bits per heavy atom. The molecule has 1 N–H and O–H groups in total. The van der Waals surface area contributed by atoms with Gasteiger partial charge in [0.1, 0.15) is 11.6 Å². The molecule has 2 aromatic rings. The van der Waals surface area contributed by atoms with Gasteiger partial charge in [-0.1, -0.05) is 18.6 Å². The molecule has 1 heterocycles. The number of halogens is 1. The first kappa shape index (κ1) is 15.4. The van der Waals surface area contributed by atoms with E-state index in [1.165, 1.54) is 19.2 Å². The molecular formula is C17H18FN3O2. The first-order valence-corrected chi connectivity index (χ1v) is 7.61. The number of nitrogens with zero attached hydrogens (tertiary/aromatic N) is 2. The first-order valence-electron chi connectivity index (χ1n) is 7.61. The molecule has 1 saturated carbocycles. The molecular weight excluding hydrogens is 297 g/mol. The first-order chi connectivity index (χ1) is 11.2. The van der Waals surface area contributed by atoms with Crippen molar-refractivity contribution < 1.29 is 13.9 Å². The van der Waals surface area contributed by atoms with Crippen LogP contribution in [-0.2, 0) is 4.74 Å². The maximum Gasteiger partial charge on any atom is 0.358 e. The summed E-state index contributed by atoms with van der Waals surface area (Å²) < 4.78 is 17.7. The summed E-state index contributed by atoms with van der Waals surface area (Å²) in [5.41, 5.74) is 1.31. The van der Waals surface area contributed by atoms with Gasteiger partial charge < -0.3 is 10.1 Å². The van der Waals surface area contributed by atoms with Crippen molar-refractivity contribution in [3.05, 3.63) is 53.5 Å². The molecule has 1 aromatic heterocycles. The van der Waals surface area contributed by atoms with Gasteiger partial charge in [-0.2, -0.15) is 0 Å². The molecule has 1 aliphatic carbocycles. The lowest BCUT2D eigenvalue weighted by molar-refractivity contribution is 0.0593. The molecule has 2 atom stereocenters. The van der Waals surface area contributed by atoms with Crippen LogP contribution in [0.2, 0.25) is 0 Å². The van der Waals surface area contributed by atoms with E-state index in [1.54, 1.807) is 12.1 Å². The van der Waals surface area contributed by atoms with Crippen LogP contribution in [0.15, 0.2) is 36.4 Å². The molecule has 0 aliphatic heterocycles. The van der Waals surface area contributed by atoms with E-state index in [-0.39, 0.29) is 17.6 Å². The SMILES string of the molecule is COC(=O)c1ccc(NC2CCCC2c2ccc(F)cc2)nn1. The Morgan fingerprint density at radius 2 is 1.96 bits per heavy atom. The predicted molar refractivity (Wildman–Crippen MR) is 83.8 cm³/mol. The van der Waals surface area contributed by atoms with Gasteiger partial charge in [0.25, 0.3) is 0 Å². The minimum Gasteiger partial charge on any atom is -0.464 e. The maximum absolute atomic E-state index is 13.1. The van der Waals surface area contributed by atoms with Crippen molar-refractivity contribution in [3.8, 4) is 0 Å². The van der Waals surface area contributed by atoms with E-state index in [0.29, 0.717) is 11.7 Å². The summed E-state index contributed by atoms with van der Waals surface area (Å²) in [6, 6.07) is 10.2. The van der Waals surface area contributed by atoms with Gasteiger partial charge in [0.05, 0.1) is 7.11 Å². The Bertz CT molecular complexity index is 673. The number of esters is 1. The number of hydrogen-bond acceptors (Lipinski definition) is 5. The second-order valence-electron chi connectivity index (χ2n) is 5.64. The lowest BCUT2D eigenvalue weighted by Gasteiger charge is -2.21. The molecule has 0 spiro atoms. The van der Waals surface area contributed by atoms with E-state index in [4.69, 9.17) is 0 Å². The van der Waals surface area contributed by atoms with Crippen LogP contribution in [0.5, 0.6) is 0 Å². The summed E-state index contributed by atoms with van der Waals surface area (Å²) in [7, 11) is 1.31. The smallest absolute Gasteiger partial charge is 0.358 e. The number of carbonyl (C=O) groups is 1. The minimum absolute atomic E-state index is 0.180. The number of methoxy groups -OCH3 is 1. The van der Waals surface area contributed by atoms with E-state index in [0.717, 1.165) is 24.8 Å². The lowest BCUT2D eigenvalue weighted by Crippen LogP contribution is -2.23. The van der Waals surface area contributed by atoms with Crippen LogP contribution in [0.25, 0.3) is 0 Å². The van der Waals surface area contributed by atoms with Crippen molar-refractivity contribution in [1.82, 2.24) is 10.2 Å². The van der Waals surface area contributed by atoms with E-state index in [1.807, 2.05) is 12.1 Å². The second-order valence-corrected chi connectivity index (χ2v) is 5.64. The molecule has 0 bridgehead atoms. The molecule has 1 aromatic carbocycles. The molecule has 2 unspecified atom stereocenters. The van der Waals surface area contributed by atoms with Crippen molar-refractivity contribution >= 4 is 11.8 Å². The quantitative estimate of drug-likeness (QED) is 0.878. The third-order valence-corrected chi connectivity index (χ3v) is 4.21. The normalized spacial score (nSPS) is 20.3. The van der Waals surface area contributed by atoms with Crippen LogP contribution in [0.1, 0.15) is 41.2 Å². The van der Waals surface area contributed by atoms with Gasteiger partial charge in [-0.05, 0) is 42.7 Å². The number of aromatic nitrogens is 2. The Labute approximate surface area is 133 Å². The number of hydrogen-bond donors (Lipinski definition) is 1. The summed E-state index contributed by atoms with van der Waals surface area (Å²) in [6.07, 6.45) is 3.17. The highest BCUT2D eigenvalue weighted by Crippen LogP contribution is 2.36. The molecule has 5 nitrogen and oxygen atoms in total. The van der Waals surface area contributed by atoms with Gasteiger partial charge in [-0.15, -0.1) is 10.2 Å². The Balaban J connectivity index is 1.71. The van der Waals surface area contributed by atoms with Gasteiger partial charge in [0.15, 0.2) is 5.69 Å². The fraction of sp³-hybridized carbons (Fsp3) is 0.353. The van der Waals surface area contributed by atoms with E-state index in [2.05, 4.69) is 20.3 Å². The molecule has 120 valence electrons. The third kappa shape index (κ3) is 3.47. The number of benzene rings is 1. The second kappa shape index (κ2) is 6.73. The van der Waals surface area contributed by atoms with Gasteiger partial charge >= 0.3 is 5.97 Å².